The second-order valence-electron chi connectivity index (χ2n) is 7.85. The zero-order valence-corrected chi connectivity index (χ0v) is 16.4. The van der Waals surface area contributed by atoms with Crippen LogP contribution in [0.2, 0.25) is 0 Å². The highest BCUT2D eigenvalue weighted by Gasteiger charge is 2.30. The van der Waals surface area contributed by atoms with Gasteiger partial charge in [-0.15, -0.1) is 0 Å². The summed E-state index contributed by atoms with van der Waals surface area (Å²) in [6, 6.07) is 8.22. The van der Waals surface area contributed by atoms with Crippen molar-refractivity contribution in [2.24, 2.45) is 5.92 Å². The van der Waals surface area contributed by atoms with Crippen LogP contribution in [0, 0.1) is 5.92 Å². The van der Waals surface area contributed by atoms with Crippen molar-refractivity contribution in [1.82, 2.24) is 0 Å². The predicted molar refractivity (Wildman–Crippen MR) is 104 cm³/mol. The number of nitrogens with one attached hydrogen (secondary N) is 3. The third-order valence-corrected chi connectivity index (χ3v) is 5.65. The highest BCUT2D eigenvalue weighted by Crippen LogP contribution is 2.10. The van der Waals surface area contributed by atoms with Gasteiger partial charge in [0.25, 0.3) is 5.91 Å². The van der Waals surface area contributed by atoms with E-state index in [0.717, 1.165) is 36.5 Å². The Morgan fingerprint density at radius 2 is 1.78 bits per heavy atom. The van der Waals surface area contributed by atoms with Gasteiger partial charge in [-0.05, 0) is 31.9 Å². The molecular formula is C21H33N3O3+2. The van der Waals surface area contributed by atoms with Crippen molar-refractivity contribution in [3.63, 3.8) is 0 Å². The molecule has 3 rings (SSSR count). The topological polar surface area (TPSA) is 64.3 Å². The number of esters is 1. The Balaban J connectivity index is 1.45. The van der Waals surface area contributed by atoms with E-state index in [1.165, 1.54) is 31.5 Å². The third kappa shape index (κ3) is 6.04. The summed E-state index contributed by atoms with van der Waals surface area (Å²) in [6.45, 7) is 7.87. The monoisotopic (exact) mass is 375 g/mol. The van der Waals surface area contributed by atoms with Gasteiger partial charge in [0.1, 0.15) is 12.5 Å². The SMILES string of the molecule is CCOC(=O)[C@@H]1CCC[NH+](CC(=O)Nc2ccc(C[NH+]3CCCC3)cc2)C1. The van der Waals surface area contributed by atoms with Crippen LogP contribution in [0.25, 0.3) is 0 Å². The number of quaternary nitrogens is 2. The molecule has 3 N–H and O–H groups in total. The average Bonchev–Trinajstić information content (AvgIpc) is 3.17. The summed E-state index contributed by atoms with van der Waals surface area (Å²) < 4.78 is 5.13. The van der Waals surface area contributed by atoms with Gasteiger partial charge in [-0.2, -0.15) is 0 Å². The molecule has 2 heterocycles. The van der Waals surface area contributed by atoms with E-state index >= 15 is 0 Å². The number of piperidine rings is 1. The minimum atomic E-state index is -0.120. The summed E-state index contributed by atoms with van der Waals surface area (Å²) in [5.41, 5.74) is 2.17. The average molecular weight is 376 g/mol. The van der Waals surface area contributed by atoms with E-state index in [1.807, 2.05) is 19.1 Å². The van der Waals surface area contributed by atoms with Crippen LogP contribution in [-0.2, 0) is 20.9 Å². The second kappa shape index (κ2) is 9.85. The van der Waals surface area contributed by atoms with Crippen molar-refractivity contribution in [3.8, 4) is 0 Å². The van der Waals surface area contributed by atoms with Crippen molar-refractivity contribution < 1.29 is 24.1 Å². The van der Waals surface area contributed by atoms with Crippen molar-refractivity contribution in [2.45, 2.75) is 39.2 Å². The highest BCUT2D eigenvalue weighted by molar-refractivity contribution is 5.91. The Labute approximate surface area is 161 Å². The zero-order valence-electron chi connectivity index (χ0n) is 16.4. The molecule has 1 unspecified atom stereocenters. The summed E-state index contributed by atoms with van der Waals surface area (Å²) in [5.74, 6) is -0.188. The van der Waals surface area contributed by atoms with Gasteiger partial charge < -0.3 is 19.9 Å². The Morgan fingerprint density at radius 3 is 2.48 bits per heavy atom. The van der Waals surface area contributed by atoms with Gasteiger partial charge >= 0.3 is 5.97 Å². The summed E-state index contributed by atoms with van der Waals surface area (Å²) in [7, 11) is 0. The molecule has 0 bridgehead atoms. The van der Waals surface area contributed by atoms with Gasteiger partial charge in [0.2, 0.25) is 0 Å². The van der Waals surface area contributed by atoms with Crippen LogP contribution >= 0.6 is 0 Å². The molecule has 2 atom stereocenters. The molecule has 6 nitrogen and oxygen atoms in total. The lowest BCUT2D eigenvalue weighted by molar-refractivity contribution is -0.901. The fourth-order valence-corrected chi connectivity index (χ4v) is 4.25. The van der Waals surface area contributed by atoms with Crippen LogP contribution in [0.5, 0.6) is 0 Å². The van der Waals surface area contributed by atoms with Crippen LogP contribution < -0.4 is 15.1 Å². The molecule has 0 saturated carbocycles. The third-order valence-electron chi connectivity index (χ3n) is 5.65. The molecule has 6 heteroatoms. The van der Waals surface area contributed by atoms with Gasteiger partial charge in [-0.25, -0.2) is 0 Å². The maximum Gasteiger partial charge on any atom is 0.314 e. The van der Waals surface area contributed by atoms with Crippen LogP contribution in [0.4, 0.5) is 5.69 Å². The number of likely N-dealkylation sites (tertiary alicyclic amines) is 2. The van der Waals surface area contributed by atoms with Crippen molar-refractivity contribution >= 4 is 17.6 Å². The first-order chi connectivity index (χ1) is 13.1. The van der Waals surface area contributed by atoms with Crippen molar-refractivity contribution in [1.29, 1.82) is 0 Å². The quantitative estimate of drug-likeness (QED) is 0.572. The number of ether oxygens (including phenoxy) is 1. The van der Waals surface area contributed by atoms with E-state index in [1.54, 1.807) is 4.90 Å². The maximum atomic E-state index is 12.4. The molecule has 0 spiro atoms. The Morgan fingerprint density at radius 1 is 1.07 bits per heavy atom. The molecule has 0 radical (unpaired) electrons. The Bertz CT molecular complexity index is 626. The first kappa shape index (κ1) is 19.8. The van der Waals surface area contributed by atoms with Gasteiger partial charge in [-0.3, -0.25) is 9.59 Å². The van der Waals surface area contributed by atoms with Crippen LogP contribution in [0.1, 0.15) is 38.2 Å². The van der Waals surface area contributed by atoms with E-state index in [2.05, 4.69) is 17.4 Å². The van der Waals surface area contributed by atoms with Gasteiger partial charge in [0.15, 0.2) is 6.54 Å². The number of carbonyl (C=O) groups excluding carboxylic acids is 2. The lowest BCUT2D eigenvalue weighted by atomic mass is 9.98. The maximum absolute atomic E-state index is 12.4. The Kier molecular flexibility index (Phi) is 7.24. The molecule has 148 valence electrons. The van der Waals surface area contributed by atoms with Crippen molar-refractivity contribution in [3.05, 3.63) is 29.8 Å². The minimum absolute atomic E-state index is 0.00688. The number of anilines is 1. The van der Waals surface area contributed by atoms with E-state index in [-0.39, 0.29) is 17.8 Å². The van der Waals surface area contributed by atoms with E-state index < -0.39 is 0 Å². The lowest BCUT2D eigenvalue weighted by Crippen LogP contribution is -3.14. The standard InChI is InChI=1S/C21H31N3O3/c1-2-27-21(26)18-6-5-13-24(15-18)16-20(25)22-19-9-7-17(8-10-19)14-23-11-3-4-12-23/h7-10,18H,2-6,11-16H2,1H3,(H,22,25)/p+2/t18-/m1/s1. The highest BCUT2D eigenvalue weighted by atomic mass is 16.5. The Hall–Kier alpha value is -1.92. The molecule has 1 aromatic rings. The normalized spacial score (nSPS) is 23.1. The first-order valence-electron chi connectivity index (χ1n) is 10.4. The number of amides is 1. The molecule has 1 aromatic carbocycles. The van der Waals surface area contributed by atoms with Gasteiger partial charge in [-0.1, -0.05) is 12.1 Å². The fourth-order valence-electron chi connectivity index (χ4n) is 4.25. The molecular weight excluding hydrogens is 342 g/mol. The molecule has 2 fully saturated rings. The molecule has 2 aliphatic rings. The number of benzene rings is 1. The number of hydrogen-bond acceptors (Lipinski definition) is 3. The number of rotatable bonds is 7. The lowest BCUT2D eigenvalue weighted by Gasteiger charge is -2.28. The fraction of sp³-hybridized carbons (Fsp3) is 0.619. The summed E-state index contributed by atoms with van der Waals surface area (Å²) >= 11 is 0. The molecule has 0 aromatic heterocycles. The molecule has 27 heavy (non-hydrogen) atoms. The summed E-state index contributed by atoms with van der Waals surface area (Å²) in [6.07, 6.45) is 4.49. The van der Waals surface area contributed by atoms with Gasteiger partial charge in [0, 0.05) is 24.1 Å². The molecule has 2 aliphatic heterocycles. The number of carbonyl (C=O) groups is 2. The smallest absolute Gasteiger partial charge is 0.314 e. The molecule has 1 amide bonds. The van der Waals surface area contributed by atoms with Crippen LogP contribution in [0.15, 0.2) is 24.3 Å². The van der Waals surface area contributed by atoms with Crippen LogP contribution in [0.3, 0.4) is 0 Å². The second-order valence-corrected chi connectivity index (χ2v) is 7.85. The van der Waals surface area contributed by atoms with E-state index in [4.69, 9.17) is 4.74 Å². The summed E-state index contributed by atoms with van der Waals surface area (Å²) in [5, 5.41) is 3.00. The summed E-state index contributed by atoms with van der Waals surface area (Å²) in [4.78, 5) is 27.1. The van der Waals surface area contributed by atoms with E-state index in [0.29, 0.717) is 19.7 Å². The van der Waals surface area contributed by atoms with Gasteiger partial charge in [0.05, 0.1) is 32.8 Å². The molecule has 2 saturated heterocycles. The molecule has 0 aliphatic carbocycles. The van der Waals surface area contributed by atoms with Crippen LogP contribution in [-0.4, -0.2) is 51.2 Å². The van der Waals surface area contributed by atoms with Crippen molar-refractivity contribution in [2.75, 3.05) is 44.6 Å². The first-order valence-corrected chi connectivity index (χ1v) is 10.4. The zero-order chi connectivity index (χ0) is 19.1. The predicted octanol–water partition coefficient (Wildman–Crippen LogP) is -0.338. The largest absolute Gasteiger partial charge is 0.466 e. The van der Waals surface area contributed by atoms with E-state index in [9.17, 15) is 9.59 Å². The number of hydrogen-bond donors (Lipinski definition) is 3. The minimum Gasteiger partial charge on any atom is -0.466 e.